The van der Waals surface area contributed by atoms with Gasteiger partial charge in [-0.2, -0.15) is 4.37 Å². The summed E-state index contributed by atoms with van der Waals surface area (Å²) in [5.41, 5.74) is 0. The summed E-state index contributed by atoms with van der Waals surface area (Å²) in [5, 5.41) is 10.2. The first-order chi connectivity index (χ1) is 7.70. The molecule has 1 aliphatic heterocycles. The number of nitrogens with zero attached hydrogens (tertiary/aromatic N) is 3. The van der Waals surface area contributed by atoms with Crippen molar-refractivity contribution < 1.29 is 5.11 Å². The molecule has 90 valence electrons. The normalized spacial score (nSPS) is 21.8. The van der Waals surface area contributed by atoms with Crippen molar-refractivity contribution in [3.05, 3.63) is 5.82 Å². The van der Waals surface area contributed by atoms with Crippen LogP contribution < -0.4 is 4.90 Å². The Bertz CT molecular complexity index is 340. The number of anilines is 1. The van der Waals surface area contributed by atoms with E-state index in [0.29, 0.717) is 11.8 Å². The van der Waals surface area contributed by atoms with Crippen LogP contribution in [0.4, 0.5) is 5.13 Å². The standard InChI is InChI=1S/C11H19N3OS/c1-8(2)10-12-11(16-13-10)14-5-3-4-9(6-14)7-15/h8-9,15H,3-7H2,1-2H3. The molecule has 4 nitrogen and oxygen atoms in total. The Hall–Kier alpha value is -0.680. The smallest absolute Gasteiger partial charge is 0.205 e. The Morgan fingerprint density at radius 3 is 3.00 bits per heavy atom. The molecule has 5 heteroatoms. The maximum atomic E-state index is 9.19. The summed E-state index contributed by atoms with van der Waals surface area (Å²) in [6.45, 7) is 6.47. The van der Waals surface area contributed by atoms with E-state index in [2.05, 4.69) is 28.1 Å². The summed E-state index contributed by atoms with van der Waals surface area (Å²) in [4.78, 5) is 6.81. The van der Waals surface area contributed by atoms with Crippen molar-refractivity contribution in [3.63, 3.8) is 0 Å². The lowest BCUT2D eigenvalue weighted by atomic mass is 10.00. The molecule has 1 fully saturated rings. The highest BCUT2D eigenvalue weighted by atomic mass is 32.1. The van der Waals surface area contributed by atoms with Crippen LogP contribution in [0.2, 0.25) is 0 Å². The number of aliphatic hydroxyl groups is 1. The van der Waals surface area contributed by atoms with Gasteiger partial charge in [-0.15, -0.1) is 0 Å². The molecule has 2 heterocycles. The second-order valence-corrected chi connectivity index (χ2v) is 5.46. The molecule has 0 amide bonds. The highest BCUT2D eigenvalue weighted by molar-refractivity contribution is 7.09. The SMILES string of the molecule is CC(C)c1nsc(N2CCCC(CO)C2)n1. The Kier molecular flexibility index (Phi) is 3.76. The molecule has 0 aliphatic carbocycles. The zero-order valence-corrected chi connectivity index (χ0v) is 10.7. The predicted octanol–water partition coefficient (Wildman–Crippen LogP) is 1.87. The van der Waals surface area contributed by atoms with Gasteiger partial charge in [0.2, 0.25) is 5.13 Å². The van der Waals surface area contributed by atoms with Crippen LogP contribution in [-0.4, -0.2) is 34.2 Å². The summed E-state index contributed by atoms with van der Waals surface area (Å²) in [7, 11) is 0. The van der Waals surface area contributed by atoms with Gasteiger partial charge in [0.1, 0.15) is 5.82 Å². The van der Waals surface area contributed by atoms with Crippen molar-refractivity contribution in [2.45, 2.75) is 32.6 Å². The van der Waals surface area contributed by atoms with Crippen LogP contribution in [0.5, 0.6) is 0 Å². The van der Waals surface area contributed by atoms with Gasteiger partial charge < -0.3 is 10.0 Å². The van der Waals surface area contributed by atoms with Crippen LogP contribution in [0.3, 0.4) is 0 Å². The Morgan fingerprint density at radius 1 is 1.56 bits per heavy atom. The van der Waals surface area contributed by atoms with Crippen LogP contribution in [0, 0.1) is 5.92 Å². The van der Waals surface area contributed by atoms with Crippen molar-refractivity contribution in [2.24, 2.45) is 5.92 Å². The molecule has 1 saturated heterocycles. The summed E-state index contributed by atoms with van der Waals surface area (Å²) in [5.74, 6) is 1.73. The van der Waals surface area contributed by atoms with Crippen molar-refractivity contribution in [2.75, 3.05) is 24.6 Å². The topological polar surface area (TPSA) is 49.2 Å². The lowest BCUT2D eigenvalue weighted by Gasteiger charge is -2.31. The number of aromatic nitrogens is 2. The van der Waals surface area contributed by atoms with E-state index in [0.717, 1.165) is 36.9 Å². The summed E-state index contributed by atoms with van der Waals surface area (Å²) < 4.78 is 4.37. The summed E-state index contributed by atoms with van der Waals surface area (Å²) in [6.07, 6.45) is 2.27. The first kappa shape index (κ1) is 11.8. The van der Waals surface area contributed by atoms with E-state index < -0.39 is 0 Å². The lowest BCUT2D eigenvalue weighted by molar-refractivity contribution is 0.208. The quantitative estimate of drug-likeness (QED) is 0.877. The van der Waals surface area contributed by atoms with Gasteiger partial charge in [-0.1, -0.05) is 13.8 Å². The van der Waals surface area contributed by atoms with Crippen molar-refractivity contribution >= 4 is 16.7 Å². The van der Waals surface area contributed by atoms with Crippen molar-refractivity contribution in [1.29, 1.82) is 0 Å². The summed E-state index contributed by atoms with van der Waals surface area (Å²) in [6, 6.07) is 0. The van der Waals surface area contributed by atoms with Gasteiger partial charge in [0.05, 0.1) is 0 Å². The van der Waals surface area contributed by atoms with Gasteiger partial charge in [0.25, 0.3) is 0 Å². The molecule has 0 aromatic carbocycles. The number of hydrogen-bond donors (Lipinski definition) is 1. The molecule has 0 radical (unpaired) electrons. The zero-order chi connectivity index (χ0) is 11.5. The van der Waals surface area contributed by atoms with Crippen LogP contribution in [0.25, 0.3) is 0 Å². The second-order valence-electron chi connectivity index (χ2n) is 4.73. The van der Waals surface area contributed by atoms with Crippen LogP contribution >= 0.6 is 11.5 Å². The average molecular weight is 241 g/mol. The molecule has 1 N–H and O–H groups in total. The third-order valence-electron chi connectivity index (χ3n) is 3.00. The second kappa shape index (κ2) is 5.10. The largest absolute Gasteiger partial charge is 0.396 e. The Balaban J connectivity index is 2.05. The van der Waals surface area contributed by atoms with Gasteiger partial charge >= 0.3 is 0 Å². The molecule has 1 aromatic heterocycles. The minimum atomic E-state index is 0.284. The van der Waals surface area contributed by atoms with E-state index >= 15 is 0 Å². The van der Waals surface area contributed by atoms with E-state index in [4.69, 9.17) is 0 Å². The van der Waals surface area contributed by atoms with Crippen molar-refractivity contribution in [1.82, 2.24) is 9.36 Å². The van der Waals surface area contributed by atoms with Gasteiger partial charge in [0, 0.05) is 37.1 Å². The van der Waals surface area contributed by atoms with Crippen LogP contribution in [-0.2, 0) is 0 Å². The minimum absolute atomic E-state index is 0.284. The van der Waals surface area contributed by atoms with Crippen LogP contribution in [0.1, 0.15) is 38.4 Å². The van der Waals surface area contributed by atoms with Gasteiger partial charge in [-0.05, 0) is 18.8 Å². The summed E-state index contributed by atoms with van der Waals surface area (Å²) >= 11 is 1.48. The Morgan fingerprint density at radius 2 is 2.38 bits per heavy atom. The van der Waals surface area contributed by atoms with E-state index in [1.165, 1.54) is 11.5 Å². The molecular weight excluding hydrogens is 222 g/mol. The molecule has 1 aromatic rings. The van der Waals surface area contributed by atoms with Gasteiger partial charge in [-0.25, -0.2) is 4.98 Å². The number of piperidine rings is 1. The lowest BCUT2D eigenvalue weighted by Crippen LogP contribution is -2.36. The fraction of sp³-hybridized carbons (Fsp3) is 0.818. The maximum absolute atomic E-state index is 9.19. The molecule has 0 spiro atoms. The molecule has 16 heavy (non-hydrogen) atoms. The van der Waals surface area contributed by atoms with E-state index in [9.17, 15) is 5.11 Å². The molecule has 1 aliphatic rings. The average Bonchev–Trinajstić information content (AvgIpc) is 2.78. The number of hydrogen-bond acceptors (Lipinski definition) is 5. The highest BCUT2D eigenvalue weighted by Gasteiger charge is 2.22. The first-order valence-electron chi connectivity index (χ1n) is 5.90. The first-order valence-corrected chi connectivity index (χ1v) is 6.67. The molecule has 0 saturated carbocycles. The number of rotatable bonds is 3. The number of aliphatic hydroxyl groups excluding tert-OH is 1. The van der Waals surface area contributed by atoms with E-state index in [1.54, 1.807) is 0 Å². The van der Waals surface area contributed by atoms with E-state index in [-0.39, 0.29) is 6.61 Å². The third-order valence-corrected chi connectivity index (χ3v) is 3.79. The van der Waals surface area contributed by atoms with E-state index in [1.807, 2.05) is 0 Å². The molecule has 2 rings (SSSR count). The fourth-order valence-electron chi connectivity index (χ4n) is 1.98. The van der Waals surface area contributed by atoms with Crippen LogP contribution in [0.15, 0.2) is 0 Å². The fourth-order valence-corrected chi connectivity index (χ4v) is 2.82. The monoisotopic (exact) mass is 241 g/mol. The maximum Gasteiger partial charge on any atom is 0.205 e. The molecule has 0 bridgehead atoms. The molecular formula is C11H19N3OS. The Labute approximate surface area is 100 Å². The highest BCUT2D eigenvalue weighted by Crippen LogP contribution is 2.26. The van der Waals surface area contributed by atoms with Gasteiger partial charge in [-0.3, -0.25) is 0 Å². The third kappa shape index (κ3) is 2.52. The molecule has 1 atom stereocenters. The van der Waals surface area contributed by atoms with Crippen molar-refractivity contribution in [3.8, 4) is 0 Å². The van der Waals surface area contributed by atoms with Gasteiger partial charge in [0.15, 0.2) is 0 Å². The zero-order valence-electron chi connectivity index (χ0n) is 9.89. The minimum Gasteiger partial charge on any atom is -0.396 e. The predicted molar refractivity (Wildman–Crippen MR) is 66.0 cm³/mol. The molecule has 1 unspecified atom stereocenters.